The van der Waals surface area contributed by atoms with Crippen LogP contribution in [0.25, 0.3) is 0 Å². The van der Waals surface area contributed by atoms with Gasteiger partial charge in [0.1, 0.15) is 17.3 Å². The smallest absolute Gasteiger partial charge is 0.340 e. The Hall–Kier alpha value is -2.76. The van der Waals surface area contributed by atoms with Gasteiger partial charge < -0.3 is 20.3 Å². The highest BCUT2D eigenvalue weighted by atomic mass is 19.1. The van der Waals surface area contributed by atoms with Gasteiger partial charge in [-0.15, -0.1) is 0 Å². The van der Waals surface area contributed by atoms with Gasteiger partial charge in [0.2, 0.25) is 0 Å². The number of ether oxygens (including phenoxy) is 1. The molecule has 0 unspecified atom stereocenters. The first kappa shape index (κ1) is 14.6. The SMILES string of the molecule is COC(=O)c1cc(F)ccc1NCc1ccc(O)cc1O. The fourth-order valence-electron chi connectivity index (χ4n) is 1.84. The van der Waals surface area contributed by atoms with Gasteiger partial charge in [0.05, 0.1) is 12.7 Å². The second-order valence-corrected chi connectivity index (χ2v) is 4.35. The number of methoxy groups -OCH3 is 1. The molecule has 0 aliphatic heterocycles. The third-order valence-corrected chi connectivity index (χ3v) is 2.93. The van der Waals surface area contributed by atoms with Crippen LogP contribution in [0.4, 0.5) is 10.1 Å². The summed E-state index contributed by atoms with van der Waals surface area (Å²) in [6.45, 7) is 0.196. The Morgan fingerprint density at radius 3 is 2.67 bits per heavy atom. The lowest BCUT2D eigenvalue weighted by Crippen LogP contribution is -2.09. The fourth-order valence-corrected chi connectivity index (χ4v) is 1.84. The van der Waals surface area contributed by atoms with Gasteiger partial charge in [-0.3, -0.25) is 0 Å². The van der Waals surface area contributed by atoms with E-state index in [0.29, 0.717) is 11.3 Å². The molecule has 110 valence electrons. The number of hydrogen-bond donors (Lipinski definition) is 3. The number of halogens is 1. The Morgan fingerprint density at radius 1 is 1.24 bits per heavy atom. The van der Waals surface area contributed by atoms with Crippen LogP contribution in [0.3, 0.4) is 0 Å². The number of rotatable bonds is 4. The van der Waals surface area contributed by atoms with Crippen molar-refractivity contribution in [3.63, 3.8) is 0 Å². The zero-order chi connectivity index (χ0) is 15.4. The van der Waals surface area contributed by atoms with Gasteiger partial charge in [-0.1, -0.05) is 0 Å². The van der Waals surface area contributed by atoms with E-state index >= 15 is 0 Å². The molecule has 0 fully saturated rings. The molecule has 2 aromatic carbocycles. The normalized spacial score (nSPS) is 10.2. The fraction of sp³-hybridized carbons (Fsp3) is 0.133. The molecule has 0 heterocycles. The molecule has 5 nitrogen and oxygen atoms in total. The number of esters is 1. The molecule has 0 bridgehead atoms. The third-order valence-electron chi connectivity index (χ3n) is 2.93. The number of anilines is 1. The van der Waals surface area contributed by atoms with E-state index in [9.17, 15) is 19.4 Å². The largest absolute Gasteiger partial charge is 0.508 e. The molecular formula is C15H14FNO4. The average molecular weight is 291 g/mol. The molecule has 0 spiro atoms. The van der Waals surface area contributed by atoms with Gasteiger partial charge in [-0.25, -0.2) is 9.18 Å². The molecule has 2 aromatic rings. The topological polar surface area (TPSA) is 78.8 Å². The molecule has 21 heavy (non-hydrogen) atoms. The van der Waals surface area contributed by atoms with Crippen LogP contribution in [0.2, 0.25) is 0 Å². The van der Waals surface area contributed by atoms with Crippen LogP contribution in [-0.2, 0) is 11.3 Å². The van der Waals surface area contributed by atoms with E-state index in [1.807, 2.05) is 0 Å². The maximum absolute atomic E-state index is 13.2. The summed E-state index contributed by atoms with van der Waals surface area (Å²) in [4.78, 5) is 11.6. The molecule has 0 aromatic heterocycles. The lowest BCUT2D eigenvalue weighted by atomic mass is 10.1. The van der Waals surface area contributed by atoms with Crippen molar-refractivity contribution in [2.45, 2.75) is 6.54 Å². The van der Waals surface area contributed by atoms with E-state index in [2.05, 4.69) is 10.1 Å². The Morgan fingerprint density at radius 2 is 2.00 bits per heavy atom. The van der Waals surface area contributed by atoms with Gasteiger partial charge in [0, 0.05) is 23.9 Å². The molecule has 0 saturated heterocycles. The van der Waals surface area contributed by atoms with Crippen molar-refractivity contribution in [1.29, 1.82) is 0 Å². The van der Waals surface area contributed by atoms with E-state index < -0.39 is 11.8 Å². The summed E-state index contributed by atoms with van der Waals surface area (Å²) in [6.07, 6.45) is 0. The van der Waals surface area contributed by atoms with E-state index in [1.165, 1.54) is 31.4 Å². The summed E-state index contributed by atoms with van der Waals surface area (Å²) in [5.74, 6) is -1.34. The van der Waals surface area contributed by atoms with Crippen LogP contribution in [0.15, 0.2) is 36.4 Å². The van der Waals surface area contributed by atoms with Crippen molar-refractivity contribution >= 4 is 11.7 Å². The van der Waals surface area contributed by atoms with Crippen molar-refractivity contribution in [3.05, 3.63) is 53.3 Å². The maximum atomic E-state index is 13.2. The molecule has 0 atom stereocenters. The Labute approximate surface area is 120 Å². The number of nitrogens with one attached hydrogen (secondary N) is 1. The van der Waals surface area contributed by atoms with Crippen LogP contribution >= 0.6 is 0 Å². The zero-order valence-electron chi connectivity index (χ0n) is 11.3. The molecule has 2 rings (SSSR count). The monoisotopic (exact) mass is 291 g/mol. The van der Waals surface area contributed by atoms with Crippen LogP contribution < -0.4 is 5.32 Å². The Bertz CT molecular complexity index is 673. The molecule has 0 aliphatic rings. The number of phenolic OH excluding ortho intramolecular Hbond substituents is 2. The second kappa shape index (κ2) is 6.13. The molecule has 0 saturated carbocycles. The van der Waals surface area contributed by atoms with Crippen LogP contribution in [0, 0.1) is 5.82 Å². The van der Waals surface area contributed by atoms with E-state index in [4.69, 9.17) is 0 Å². The first-order valence-electron chi connectivity index (χ1n) is 6.14. The predicted molar refractivity (Wildman–Crippen MR) is 74.8 cm³/mol. The number of hydrogen-bond acceptors (Lipinski definition) is 5. The second-order valence-electron chi connectivity index (χ2n) is 4.35. The van der Waals surface area contributed by atoms with Crippen molar-refractivity contribution in [2.24, 2.45) is 0 Å². The number of benzene rings is 2. The van der Waals surface area contributed by atoms with Crippen molar-refractivity contribution in [3.8, 4) is 11.5 Å². The molecule has 0 amide bonds. The number of phenols is 2. The van der Waals surface area contributed by atoms with E-state index in [-0.39, 0.29) is 23.6 Å². The predicted octanol–water partition coefficient (Wildman–Crippen LogP) is 2.64. The summed E-state index contributed by atoms with van der Waals surface area (Å²) < 4.78 is 17.8. The van der Waals surface area contributed by atoms with Gasteiger partial charge in [0.25, 0.3) is 0 Å². The minimum Gasteiger partial charge on any atom is -0.508 e. The van der Waals surface area contributed by atoms with Crippen LogP contribution in [-0.4, -0.2) is 23.3 Å². The quantitative estimate of drug-likeness (QED) is 0.755. The number of carbonyl (C=O) groups excluding carboxylic acids is 1. The highest BCUT2D eigenvalue weighted by molar-refractivity contribution is 5.95. The number of carbonyl (C=O) groups is 1. The standard InChI is InChI=1S/C15H14FNO4/c1-21-15(20)12-6-10(16)3-5-13(12)17-8-9-2-4-11(18)7-14(9)19/h2-7,17-19H,8H2,1H3. The first-order valence-corrected chi connectivity index (χ1v) is 6.14. The summed E-state index contributed by atoms with van der Waals surface area (Å²) in [7, 11) is 1.21. The van der Waals surface area contributed by atoms with Gasteiger partial charge >= 0.3 is 5.97 Å². The van der Waals surface area contributed by atoms with Crippen molar-refractivity contribution < 1.29 is 24.1 Å². The lowest BCUT2D eigenvalue weighted by molar-refractivity contribution is 0.0601. The third kappa shape index (κ3) is 3.42. The first-order chi connectivity index (χ1) is 10.0. The van der Waals surface area contributed by atoms with Gasteiger partial charge in [-0.05, 0) is 30.3 Å². The average Bonchev–Trinajstić information content (AvgIpc) is 2.46. The van der Waals surface area contributed by atoms with Crippen LogP contribution in [0.1, 0.15) is 15.9 Å². The summed E-state index contributed by atoms with van der Waals surface area (Å²) in [5.41, 5.74) is 0.972. The van der Waals surface area contributed by atoms with Crippen molar-refractivity contribution in [1.82, 2.24) is 0 Å². The Kier molecular flexibility index (Phi) is 4.27. The maximum Gasteiger partial charge on any atom is 0.340 e. The Balaban J connectivity index is 2.21. The molecule has 3 N–H and O–H groups in total. The van der Waals surface area contributed by atoms with Crippen LogP contribution in [0.5, 0.6) is 11.5 Å². The highest BCUT2D eigenvalue weighted by Gasteiger charge is 2.13. The summed E-state index contributed by atoms with van der Waals surface area (Å²) >= 11 is 0. The lowest BCUT2D eigenvalue weighted by Gasteiger charge is -2.12. The van der Waals surface area contributed by atoms with E-state index in [1.54, 1.807) is 6.07 Å². The molecule has 0 aliphatic carbocycles. The van der Waals surface area contributed by atoms with Gasteiger partial charge in [0.15, 0.2) is 0 Å². The van der Waals surface area contributed by atoms with Crippen molar-refractivity contribution in [2.75, 3.05) is 12.4 Å². The minimum absolute atomic E-state index is 0.0479. The van der Waals surface area contributed by atoms with Gasteiger partial charge in [-0.2, -0.15) is 0 Å². The summed E-state index contributed by atoms with van der Waals surface area (Å²) in [6, 6.07) is 7.89. The summed E-state index contributed by atoms with van der Waals surface area (Å²) in [5, 5.41) is 21.8. The molecule has 6 heteroatoms. The molecule has 0 radical (unpaired) electrons. The zero-order valence-corrected chi connectivity index (χ0v) is 11.3. The molecular weight excluding hydrogens is 277 g/mol. The number of aromatic hydroxyl groups is 2. The minimum atomic E-state index is -0.660. The highest BCUT2D eigenvalue weighted by Crippen LogP contribution is 2.25. The van der Waals surface area contributed by atoms with E-state index in [0.717, 1.165) is 6.07 Å².